The zero-order valence-electron chi connectivity index (χ0n) is 8.10. The summed E-state index contributed by atoms with van der Waals surface area (Å²) in [5.41, 5.74) is 0. The summed E-state index contributed by atoms with van der Waals surface area (Å²) in [7, 11) is 6.88. The Bertz CT molecular complexity index is 128. The van der Waals surface area contributed by atoms with Gasteiger partial charge in [0, 0.05) is 33.1 Å². The molecule has 1 atom stereocenters. The third-order valence-electron chi connectivity index (χ3n) is 1.54. The van der Waals surface area contributed by atoms with E-state index in [2.05, 4.69) is 4.74 Å². The van der Waals surface area contributed by atoms with Gasteiger partial charge in [-0.3, -0.25) is 0 Å². The van der Waals surface area contributed by atoms with Crippen molar-refractivity contribution in [1.29, 1.82) is 0 Å². The van der Waals surface area contributed by atoms with Gasteiger partial charge in [-0.15, -0.1) is 0 Å². The number of methoxy groups -OCH3 is 1. The maximum absolute atomic E-state index is 12.1. The summed E-state index contributed by atoms with van der Waals surface area (Å²) in [6, 6.07) is 0. The summed E-state index contributed by atoms with van der Waals surface area (Å²) in [6.45, 7) is 0.521. The molecule has 0 aromatic heterocycles. The predicted octanol–water partition coefficient (Wildman–Crippen LogP) is 1.47. The van der Waals surface area contributed by atoms with E-state index in [-0.39, 0.29) is 12.3 Å². The molecule has 0 N–H and O–H groups in total. The zero-order valence-corrected chi connectivity index (χ0v) is 8.10. The van der Waals surface area contributed by atoms with Gasteiger partial charge in [-0.1, -0.05) is 0 Å². The highest BCUT2D eigenvalue weighted by Gasteiger charge is 2.56. The van der Waals surface area contributed by atoms with E-state index >= 15 is 0 Å². The van der Waals surface area contributed by atoms with Crippen LogP contribution in [0.4, 0.5) is 8.78 Å². The highest BCUT2D eigenvalue weighted by Crippen LogP contribution is 2.48. The van der Waals surface area contributed by atoms with Gasteiger partial charge >= 0.3 is 0 Å². The van der Waals surface area contributed by atoms with Crippen molar-refractivity contribution >= 4 is 0 Å². The Labute approximate surface area is 72.5 Å². The van der Waals surface area contributed by atoms with Crippen molar-refractivity contribution < 1.29 is 13.5 Å². The van der Waals surface area contributed by atoms with E-state index in [0.717, 1.165) is 0 Å². The Balaban J connectivity index is 0.000000354. The van der Waals surface area contributed by atoms with Crippen molar-refractivity contribution in [3.8, 4) is 0 Å². The molecule has 1 fully saturated rings. The lowest BCUT2D eigenvalue weighted by Gasteiger charge is -2.06. The normalized spacial score (nSPS) is 24.8. The molecule has 0 aromatic carbocycles. The molecule has 12 heavy (non-hydrogen) atoms. The van der Waals surface area contributed by atoms with Crippen molar-refractivity contribution in [3.05, 3.63) is 0 Å². The van der Waals surface area contributed by atoms with E-state index in [4.69, 9.17) is 0 Å². The van der Waals surface area contributed by atoms with Crippen LogP contribution in [0.15, 0.2) is 0 Å². The Hall–Kier alpha value is -0.220. The average molecular weight is 181 g/mol. The van der Waals surface area contributed by atoms with Crippen LogP contribution < -0.4 is 0 Å². The lowest BCUT2D eigenvalue weighted by atomic mass is 10.4. The van der Waals surface area contributed by atoms with Crippen LogP contribution in [-0.2, 0) is 4.74 Å². The molecule has 2 nitrogen and oxygen atoms in total. The highest BCUT2D eigenvalue weighted by molar-refractivity contribution is 4.95. The summed E-state index contributed by atoms with van der Waals surface area (Å²) < 4.78 is 28.5. The molecule has 0 aliphatic heterocycles. The van der Waals surface area contributed by atoms with E-state index in [9.17, 15) is 8.78 Å². The molecule has 1 aliphatic carbocycles. The molecule has 0 heterocycles. The molecule has 4 heteroatoms. The van der Waals surface area contributed by atoms with E-state index in [0.29, 0.717) is 6.54 Å². The average Bonchev–Trinajstić information content (AvgIpc) is 2.39. The first-order valence-electron chi connectivity index (χ1n) is 3.86. The topological polar surface area (TPSA) is 12.5 Å². The molecule has 1 aliphatic rings. The zero-order chi connectivity index (χ0) is 9.78. The van der Waals surface area contributed by atoms with Crippen LogP contribution in [-0.4, -0.2) is 45.7 Å². The minimum absolute atomic E-state index is 0.0885. The molecule has 0 saturated heterocycles. The van der Waals surface area contributed by atoms with Gasteiger partial charge in [0.1, 0.15) is 0 Å². The van der Waals surface area contributed by atoms with Crippen LogP contribution in [0.5, 0.6) is 0 Å². The van der Waals surface area contributed by atoms with Crippen LogP contribution in [0.1, 0.15) is 6.42 Å². The summed E-state index contributed by atoms with van der Waals surface area (Å²) in [6.07, 6.45) is 0.0885. The first-order valence-corrected chi connectivity index (χ1v) is 3.86. The number of halogens is 2. The fourth-order valence-electron chi connectivity index (χ4n) is 0.908. The maximum Gasteiger partial charge on any atom is 0.252 e. The smallest absolute Gasteiger partial charge is 0.252 e. The highest BCUT2D eigenvalue weighted by atomic mass is 19.3. The molecular weight excluding hydrogens is 164 g/mol. The Morgan fingerprint density at radius 2 is 1.75 bits per heavy atom. The molecule has 0 bridgehead atoms. The summed E-state index contributed by atoms with van der Waals surface area (Å²) in [4.78, 5) is 1.80. The van der Waals surface area contributed by atoms with Crippen LogP contribution in [0, 0.1) is 5.92 Å². The Kier molecular flexibility index (Phi) is 4.63. The SMILES string of the molecule is CN(C)CC1CC1(F)F.COC. The van der Waals surface area contributed by atoms with Crippen molar-refractivity contribution in [2.45, 2.75) is 12.3 Å². The fraction of sp³-hybridized carbons (Fsp3) is 1.00. The van der Waals surface area contributed by atoms with Crippen LogP contribution >= 0.6 is 0 Å². The van der Waals surface area contributed by atoms with Gasteiger partial charge in [0.2, 0.25) is 0 Å². The monoisotopic (exact) mass is 181 g/mol. The molecule has 0 amide bonds. The minimum atomic E-state index is -2.34. The van der Waals surface area contributed by atoms with Crippen molar-refractivity contribution in [2.75, 3.05) is 34.9 Å². The standard InChI is InChI=1S/C6H11F2N.C2H6O/c1-9(2)4-5-3-6(5,7)8;1-3-2/h5H,3-4H2,1-2H3;1-2H3. The first-order chi connectivity index (χ1) is 5.44. The molecule has 74 valence electrons. The predicted molar refractivity (Wildman–Crippen MR) is 44.5 cm³/mol. The van der Waals surface area contributed by atoms with Gasteiger partial charge in [-0.05, 0) is 14.1 Å². The molecular formula is C8H17F2NO. The summed E-state index contributed by atoms with van der Waals surface area (Å²) in [5, 5.41) is 0. The second-order valence-corrected chi connectivity index (χ2v) is 3.33. The van der Waals surface area contributed by atoms with Gasteiger partial charge < -0.3 is 9.64 Å². The second-order valence-electron chi connectivity index (χ2n) is 3.33. The second kappa shape index (κ2) is 4.72. The van der Waals surface area contributed by atoms with E-state index in [1.54, 1.807) is 19.1 Å². The number of alkyl halides is 2. The third-order valence-corrected chi connectivity index (χ3v) is 1.54. The first kappa shape index (κ1) is 11.8. The number of ether oxygens (including phenoxy) is 1. The maximum atomic E-state index is 12.1. The largest absolute Gasteiger partial charge is 0.388 e. The number of rotatable bonds is 2. The van der Waals surface area contributed by atoms with Gasteiger partial charge in [-0.25, -0.2) is 8.78 Å². The van der Waals surface area contributed by atoms with Crippen molar-refractivity contribution in [2.24, 2.45) is 5.92 Å². The molecule has 1 saturated carbocycles. The summed E-state index contributed by atoms with van der Waals surface area (Å²) >= 11 is 0. The van der Waals surface area contributed by atoms with Gasteiger partial charge in [0.05, 0.1) is 0 Å². The number of hydrogen-bond acceptors (Lipinski definition) is 2. The molecule has 0 aromatic rings. The lowest BCUT2D eigenvalue weighted by Crippen LogP contribution is -2.17. The Morgan fingerprint density at radius 1 is 1.42 bits per heavy atom. The van der Waals surface area contributed by atoms with Gasteiger partial charge in [-0.2, -0.15) is 0 Å². The van der Waals surface area contributed by atoms with E-state index < -0.39 is 5.92 Å². The van der Waals surface area contributed by atoms with Crippen molar-refractivity contribution in [1.82, 2.24) is 4.90 Å². The minimum Gasteiger partial charge on any atom is -0.388 e. The number of nitrogens with zero attached hydrogens (tertiary/aromatic N) is 1. The fourth-order valence-corrected chi connectivity index (χ4v) is 0.908. The van der Waals surface area contributed by atoms with Crippen LogP contribution in [0.2, 0.25) is 0 Å². The van der Waals surface area contributed by atoms with E-state index in [1.165, 1.54) is 0 Å². The summed E-state index contributed by atoms with van der Waals surface area (Å²) in [5.74, 6) is -2.71. The van der Waals surface area contributed by atoms with Gasteiger partial charge in [0.15, 0.2) is 0 Å². The van der Waals surface area contributed by atoms with E-state index in [1.807, 2.05) is 14.1 Å². The van der Waals surface area contributed by atoms with Gasteiger partial charge in [0.25, 0.3) is 5.92 Å². The lowest BCUT2D eigenvalue weighted by molar-refractivity contribution is 0.0923. The molecule has 1 unspecified atom stereocenters. The quantitative estimate of drug-likeness (QED) is 0.639. The Morgan fingerprint density at radius 3 is 1.83 bits per heavy atom. The molecule has 1 rings (SSSR count). The third kappa shape index (κ3) is 4.62. The molecule has 0 radical (unpaired) electrons. The van der Waals surface area contributed by atoms with Crippen LogP contribution in [0.3, 0.4) is 0 Å². The van der Waals surface area contributed by atoms with Crippen LogP contribution in [0.25, 0.3) is 0 Å². The number of hydrogen-bond donors (Lipinski definition) is 0. The van der Waals surface area contributed by atoms with Crippen molar-refractivity contribution in [3.63, 3.8) is 0 Å². The molecule has 0 spiro atoms.